The molecule has 4 atom stereocenters. The first-order valence-corrected chi connectivity index (χ1v) is 8.82. The van der Waals surface area contributed by atoms with Gasteiger partial charge in [0.15, 0.2) is 5.78 Å². The van der Waals surface area contributed by atoms with Crippen LogP contribution in [0.3, 0.4) is 0 Å². The Labute approximate surface area is 139 Å². The predicted octanol–water partition coefficient (Wildman–Crippen LogP) is 4.06. The number of carbonyl (C=O) groups excluding carboxylic acids is 1. The van der Waals surface area contributed by atoms with Crippen LogP contribution in [0.1, 0.15) is 38.2 Å². The summed E-state index contributed by atoms with van der Waals surface area (Å²) in [6, 6.07) is 8.28. The van der Waals surface area contributed by atoms with Crippen LogP contribution in [0, 0.1) is 21.3 Å². The van der Waals surface area contributed by atoms with Crippen LogP contribution in [0.2, 0.25) is 0 Å². The first-order chi connectivity index (χ1) is 10.1. The van der Waals surface area contributed by atoms with Crippen LogP contribution >= 0.6 is 22.6 Å². The van der Waals surface area contributed by atoms with Crippen molar-refractivity contribution in [3.8, 4) is 0 Å². The minimum Gasteiger partial charge on any atom is -0.393 e. The van der Waals surface area contributed by atoms with Crippen molar-refractivity contribution in [1.29, 1.82) is 0 Å². The van der Waals surface area contributed by atoms with Gasteiger partial charge in [-0.1, -0.05) is 19.1 Å². The van der Waals surface area contributed by atoms with Crippen molar-refractivity contribution in [2.45, 2.75) is 38.7 Å². The number of allylic oxidation sites excluding steroid dienone is 1. The van der Waals surface area contributed by atoms with E-state index in [-0.39, 0.29) is 17.9 Å². The average Bonchev–Trinajstić information content (AvgIpc) is 2.48. The lowest BCUT2D eigenvalue weighted by Crippen LogP contribution is -2.42. The van der Waals surface area contributed by atoms with Gasteiger partial charge in [-0.25, -0.2) is 0 Å². The second kappa shape index (κ2) is 6.21. The Morgan fingerprint density at radius 1 is 1.19 bits per heavy atom. The van der Waals surface area contributed by atoms with E-state index in [1.54, 1.807) is 0 Å². The number of halogens is 1. The van der Waals surface area contributed by atoms with E-state index in [9.17, 15) is 9.90 Å². The maximum absolute atomic E-state index is 12.7. The summed E-state index contributed by atoms with van der Waals surface area (Å²) in [5, 5.41) is 10.0. The van der Waals surface area contributed by atoms with E-state index in [1.807, 2.05) is 0 Å². The van der Waals surface area contributed by atoms with E-state index < -0.39 is 0 Å². The zero-order chi connectivity index (χ0) is 15.0. The second-order valence-electron chi connectivity index (χ2n) is 6.40. The Hall–Kier alpha value is -0.680. The molecule has 3 heteroatoms. The quantitative estimate of drug-likeness (QED) is 0.574. The third-order valence-electron chi connectivity index (χ3n) is 5.18. The number of rotatable bonds is 1. The van der Waals surface area contributed by atoms with Crippen LogP contribution in [0.4, 0.5) is 0 Å². The van der Waals surface area contributed by atoms with Crippen LogP contribution in [0.15, 0.2) is 29.8 Å². The third-order valence-corrected chi connectivity index (χ3v) is 5.90. The second-order valence-corrected chi connectivity index (χ2v) is 7.64. The molecule has 0 aliphatic heterocycles. The molecule has 3 unspecified atom stereocenters. The summed E-state index contributed by atoms with van der Waals surface area (Å²) in [4.78, 5) is 12.7. The number of carbonyl (C=O) groups is 1. The summed E-state index contributed by atoms with van der Waals surface area (Å²) in [5.74, 6) is 1.08. The number of aliphatic hydroxyl groups excluding tert-OH is 1. The summed E-state index contributed by atoms with van der Waals surface area (Å²) >= 11 is 2.29. The highest BCUT2D eigenvalue weighted by atomic mass is 127. The van der Waals surface area contributed by atoms with Gasteiger partial charge >= 0.3 is 0 Å². The minimum absolute atomic E-state index is 0.132. The van der Waals surface area contributed by atoms with Crippen molar-refractivity contribution >= 4 is 34.5 Å². The van der Waals surface area contributed by atoms with Gasteiger partial charge in [0.25, 0.3) is 0 Å². The van der Waals surface area contributed by atoms with Crippen molar-refractivity contribution in [2.75, 3.05) is 0 Å². The topological polar surface area (TPSA) is 37.3 Å². The lowest BCUT2D eigenvalue weighted by atomic mass is 9.63. The van der Waals surface area contributed by atoms with Gasteiger partial charge in [-0.2, -0.15) is 0 Å². The van der Waals surface area contributed by atoms with Crippen molar-refractivity contribution < 1.29 is 9.90 Å². The van der Waals surface area contributed by atoms with Gasteiger partial charge in [0, 0.05) is 9.49 Å². The molecule has 2 aliphatic carbocycles. The standard InChI is InChI=1S/C18H21IO2/c1-11-15-7-4-13(10-12-2-5-14(19)6-3-12)18(21)16(15)8-9-17(11)20/h2-3,5-6,10-11,15-17,20H,4,7-9H2,1H3/b13-10+/t11-,15?,16?,17?/m0/s1. The Bertz CT molecular complexity index is 561. The molecular formula is C18H21IO2. The fraction of sp³-hybridized carbons (Fsp3) is 0.500. The smallest absolute Gasteiger partial charge is 0.162 e. The van der Waals surface area contributed by atoms with Crippen molar-refractivity contribution in [1.82, 2.24) is 0 Å². The zero-order valence-electron chi connectivity index (χ0n) is 12.3. The van der Waals surface area contributed by atoms with Gasteiger partial charge in [-0.05, 0) is 89.5 Å². The Balaban J connectivity index is 1.81. The molecule has 1 N–H and O–H groups in total. The lowest BCUT2D eigenvalue weighted by molar-refractivity contribution is -0.127. The van der Waals surface area contributed by atoms with Crippen LogP contribution < -0.4 is 0 Å². The predicted molar refractivity (Wildman–Crippen MR) is 92.8 cm³/mol. The fourth-order valence-corrected chi connectivity index (χ4v) is 4.22. The number of hydrogen-bond donors (Lipinski definition) is 1. The van der Waals surface area contributed by atoms with Gasteiger partial charge in [0.05, 0.1) is 6.10 Å². The van der Waals surface area contributed by atoms with Gasteiger partial charge in [-0.3, -0.25) is 4.79 Å². The summed E-state index contributed by atoms with van der Waals surface area (Å²) in [7, 11) is 0. The number of ketones is 1. The molecule has 2 saturated carbocycles. The molecule has 2 fully saturated rings. The van der Waals surface area contributed by atoms with Gasteiger partial charge in [0.1, 0.15) is 0 Å². The van der Waals surface area contributed by atoms with Crippen LogP contribution in [-0.4, -0.2) is 17.0 Å². The molecule has 0 aromatic heterocycles. The molecule has 0 saturated heterocycles. The Morgan fingerprint density at radius 3 is 2.62 bits per heavy atom. The molecule has 1 aromatic rings. The largest absolute Gasteiger partial charge is 0.393 e. The highest BCUT2D eigenvalue weighted by molar-refractivity contribution is 14.1. The number of benzene rings is 1. The number of aliphatic hydroxyl groups is 1. The Morgan fingerprint density at radius 2 is 1.90 bits per heavy atom. The molecule has 21 heavy (non-hydrogen) atoms. The van der Waals surface area contributed by atoms with E-state index in [0.717, 1.165) is 36.8 Å². The third kappa shape index (κ3) is 3.09. The maximum Gasteiger partial charge on any atom is 0.162 e. The van der Waals surface area contributed by atoms with Gasteiger partial charge in [-0.15, -0.1) is 0 Å². The normalized spacial score (nSPS) is 34.8. The molecule has 112 valence electrons. The average molecular weight is 396 g/mol. The molecule has 1 aromatic carbocycles. The van der Waals surface area contributed by atoms with Crippen molar-refractivity contribution in [3.63, 3.8) is 0 Å². The SMILES string of the molecule is C[C@@H]1C(O)CCC2C(=O)/C(=C/c3ccc(I)cc3)CCC21. The molecule has 3 rings (SSSR count). The van der Waals surface area contributed by atoms with Crippen molar-refractivity contribution in [3.05, 3.63) is 39.0 Å². The van der Waals surface area contributed by atoms with Crippen LogP contribution in [0.25, 0.3) is 6.08 Å². The molecule has 0 heterocycles. The minimum atomic E-state index is -0.222. The molecular weight excluding hydrogens is 375 g/mol. The highest BCUT2D eigenvalue weighted by Crippen LogP contribution is 2.44. The maximum atomic E-state index is 12.7. The molecule has 0 bridgehead atoms. The first-order valence-electron chi connectivity index (χ1n) is 7.74. The number of Topliss-reactive ketones (excluding diaryl/α,β-unsaturated/α-hetero) is 1. The molecule has 0 amide bonds. The summed E-state index contributed by atoms with van der Waals surface area (Å²) in [5.41, 5.74) is 2.09. The number of fused-ring (bicyclic) bond motifs is 1. The van der Waals surface area contributed by atoms with E-state index in [2.05, 4.69) is 59.9 Å². The first kappa shape index (κ1) is 15.2. The van der Waals surface area contributed by atoms with Crippen LogP contribution in [0.5, 0.6) is 0 Å². The molecule has 0 spiro atoms. The van der Waals surface area contributed by atoms with E-state index in [0.29, 0.717) is 11.7 Å². The van der Waals surface area contributed by atoms with Gasteiger partial charge in [0.2, 0.25) is 0 Å². The lowest BCUT2D eigenvalue weighted by Gasteiger charge is -2.42. The highest BCUT2D eigenvalue weighted by Gasteiger charge is 2.42. The number of hydrogen-bond acceptors (Lipinski definition) is 2. The van der Waals surface area contributed by atoms with E-state index in [1.165, 1.54) is 3.57 Å². The fourth-order valence-electron chi connectivity index (χ4n) is 3.86. The molecule has 0 radical (unpaired) electrons. The summed E-state index contributed by atoms with van der Waals surface area (Å²) < 4.78 is 1.21. The summed E-state index contributed by atoms with van der Waals surface area (Å²) in [6.07, 6.45) is 5.34. The van der Waals surface area contributed by atoms with E-state index in [4.69, 9.17) is 0 Å². The van der Waals surface area contributed by atoms with Crippen LogP contribution in [-0.2, 0) is 4.79 Å². The monoisotopic (exact) mass is 396 g/mol. The molecule has 2 nitrogen and oxygen atoms in total. The Kier molecular flexibility index (Phi) is 4.50. The zero-order valence-corrected chi connectivity index (χ0v) is 14.4. The van der Waals surface area contributed by atoms with E-state index >= 15 is 0 Å². The molecule has 2 aliphatic rings. The summed E-state index contributed by atoms with van der Waals surface area (Å²) in [6.45, 7) is 2.10. The van der Waals surface area contributed by atoms with Crippen molar-refractivity contribution in [2.24, 2.45) is 17.8 Å². The van der Waals surface area contributed by atoms with Gasteiger partial charge < -0.3 is 5.11 Å².